The molecule has 9 nitrogen and oxygen atoms in total. The van der Waals surface area contributed by atoms with Crippen LogP contribution in [0, 0.1) is 5.92 Å². The largest absolute Gasteiger partial charge is 0.506 e. The van der Waals surface area contributed by atoms with E-state index in [9.17, 15) is 19.5 Å². The van der Waals surface area contributed by atoms with Crippen LogP contribution in [0.2, 0.25) is 0 Å². The number of hydrogen-bond acceptors (Lipinski definition) is 7. The molecule has 0 radical (unpaired) electrons. The van der Waals surface area contributed by atoms with Crippen molar-refractivity contribution in [3.63, 3.8) is 0 Å². The highest BCUT2D eigenvalue weighted by atomic mass is 32.2. The van der Waals surface area contributed by atoms with Crippen molar-refractivity contribution in [3.05, 3.63) is 24.3 Å². The summed E-state index contributed by atoms with van der Waals surface area (Å²) in [4.78, 5) is 42.9. The van der Waals surface area contributed by atoms with Gasteiger partial charge in [0, 0.05) is 62.4 Å². The minimum Gasteiger partial charge on any atom is -0.506 e. The van der Waals surface area contributed by atoms with Gasteiger partial charge < -0.3 is 20.3 Å². The number of fused-ring (bicyclic) bond motifs is 1. The average Bonchev–Trinajstić information content (AvgIpc) is 3.38. The van der Waals surface area contributed by atoms with E-state index in [1.165, 1.54) is 17.1 Å². The van der Waals surface area contributed by atoms with Crippen molar-refractivity contribution in [2.24, 2.45) is 5.92 Å². The molecule has 4 N–H and O–H groups in total. The third kappa shape index (κ3) is 7.94. The zero-order valence-electron chi connectivity index (χ0n) is 22.4. The summed E-state index contributed by atoms with van der Waals surface area (Å²) in [5.41, 5.74) is 1.67. The van der Waals surface area contributed by atoms with Gasteiger partial charge in [-0.05, 0) is 50.8 Å². The fraction of sp³-hybridized carbons (Fsp3) is 0.519. The molecule has 1 aromatic heterocycles. The summed E-state index contributed by atoms with van der Waals surface area (Å²) in [5.74, 6) is 0.966. The third-order valence-electron chi connectivity index (χ3n) is 6.76. The lowest BCUT2D eigenvalue weighted by Crippen LogP contribution is -2.30. The SMILES string of the molecule is CNC[SH+]c1[nH]c2c(N(C)CCC(C)CCNC(=O)CCCCCN3C(=O)C=CC3=O)c(O)ccc2c1S. The normalized spacial score (nSPS) is 14.1. The number of aromatic nitrogens is 1. The topological polar surface area (TPSA) is 118 Å². The quantitative estimate of drug-likeness (QED) is 0.0930. The van der Waals surface area contributed by atoms with Gasteiger partial charge in [-0.25, -0.2) is 0 Å². The summed E-state index contributed by atoms with van der Waals surface area (Å²) < 4.78 is 0. The monoisotopic (exact) mass is 562 g/mol. The number of imide groups is 1. The molecule has 2 aromatic rings. The third-order valence-corrected chi connectivity index (χ3v) is 8.53. The van der Waals surface area contributed by atoms with Crippen molar-refractivity contribution in [2.45, 2.75) is 55.4 Å². The number of anilines is 1. The fourth-order valence-electron chi connectivity index (χ4n) is 4.47. The van der Waals surface area contributed by atoms with Crippen molar-refractivity contribution in [1.82, 2.24) is 20.5 Å². The van der Waals surface area contributed by atoms with Gasteiger partial charge in [0.2, 0.25) is 10.9 Å². The van der Waals surface area contributed by atoms with E-state index >= 15 is 0 Å². The maximum absolute atomic E-state index is 12.2. The molecule has 0 aliphatic carbocycles. The van der Waals surface area contributed by atoms with E-state index < -0.39 is 0 Å². The van der Waals surface area contributed by atoms with Crippen molar-refractivity contribution < 1.29 is 19.5 Å². The number of nitrogens with one attached hydrogen (secondary N) is 3. The number of thiol groups is 2. The Kier molecular flexibility index (Phi) is 11.4. The van der Waals surface area contributed by atoms with Crippen LogP contribution < -0.4 is 15.5 Å². The number of carbonyl (C=O) groups is 3. The van der Waals surface area contributed by atoms with Gasteiger partial charge >= 0.3 is 0 Å². The standard InChI is InChI=1S/C27H39N5O4S2/c1-18(12-14-29-21(34)7-5-4-6-15-32-22(35)10-11-23(32)36)13-16-31(3)25-20(33)9-8-19-24(25)30-27(26(19)37)38-17-28-2/h8-11,18,28,30,33,37H,4-7,12-17H2,1-3H3,(H,29,34)/p+1. The molecule has 1 aromatic carbocycles. The maximum atomic E-state index is 12.2. The molecule has 1 unspecified atom stereocenters. The molecule has 2 heterocycles. The van der Waals surface area contributed by atoms with Crippen LogP contribution in [0.15, 0.2) is 34.2 Å². The molecule has 0 fully saturated rings. The number of H-pyrrole nitrogens is 1. The van der Waals surface area contributed by atoms with Gasteiger partial charge in [0.05, 0.1) is 10.4 Å². The second-order valence-electron chi connectivity index (χ2n) is 9.77. The highest BCUT2D eigenvalue weighted by molar-refractivity contribution is 7.83. The first-order valence-electron chi connectivity index (χ1n) is 13.1. The van der Waals surface area contributed by atoms with Crippen molar-refractivity contribution in [1.29, 1.82) is 0 Å². The Morgan fingerprint density at radius 3 is 2.63 bits per heavy atom. The maximum Gasteiger partial charge on any atom is 0.253 e. The van der Waals surface area contributed by atoms with E-state index in [0.29, 0.717) is 31.8 Å². The van der Waals surface area contributed by atoms with Crippen LogP contribution in [0.1, 0.15) is 45.4 Å². The first-order chi connectivity index (χ1) is 18.2. The highest BCUT2D eigenvalue weighted by Gasteiger charge is 2.23. The van der Waals surface area contributed by atoms with Crippen LogP contribution in [0.25, 0.3) is 10.9 Å². The molecule has 3 amide bonds. The number of rotatable bonds is 16. The Balaban J connectivity index is 1.36. The number of phenolic OH excluding ortho intramolecular Hbond substituents is 1. The lowest BCUT2D eigenvalue weighted by Gasteiger charge is -2.23. The molecule has 11 heteroatoms. The number of hydrogen-bond donors (Lipinski definition) is 5. The second kappa shape index (κ2) is 14.5. The number of benzene rings is 1. The van der Waals surface area contributed by atoms with Crippen LogP contribution >= 0.6 is 12.6 Å². The lowest BCUT2D eigenvalue weighted by atomic mass is 10.0. The van der Waals surface area contributed by atoms with E-state index in [0.717, 1.165) is 76.4 Å². The summed E-state index contributed by atoms with van der Waals surface area (Å²) in [7, 11) is 3.90. The molecular formula is C27H40N5O4S2+. The Labute approximate surface area is 234 Å². The fourth-order valence-corrected chi connectivity index (χ4v) is 5.70. The van der Waals surface area contributed by atoms with Gasteiger partial charge in [-0.15, -0.1) is 12.6 Å². The van der Waals surface area contributed by atoms with Crippen LogP contribution in [0.3, 0.4) is 0 Å². The molecule has 0 saturated heterocycles. The minimum atomic E-state index is -0.257. The van der Waals surface area contributed by atoms with E-state index in [-0.39, 0.29) is 23.5 Å². The number of amides is 3. The van der Waals surface area contributed by atoms with Gasteiger partial charge in [0.25, 0.3) is 11.8 Å². The number of aromatic hydroxyl groups is 1. The van der Waals surface area contributed by atoms with Crippen molar-refractivity contribution in [3.8, 4) is 5.75 Å². The predicted octanol–water partition coefficient (Wildman–Crippen LogP) is 2.97. The lowest BCUT2D eigenvalue weighted by molar-refractivity contribution is -0.137. The van der Waals surface area contributed by atoms with E-state index in [4.69, 9.17) is 12.6 Å². The molecule has 1 aliphatic heterocycles. The molecule has 0 bridgehead atoms. The Bertz CT molecular complexity index is 1150. The van der Waals surface area contributed by atoms with Crippen LogP contribution in [0.5, 0.6) is 5.75 Å². The molecule has 208 valence electrons. The zero-order valence-corrected chi connectivity index (χ0v) is 24.2. The average molecular weight is 563 g/mol. The molecular weight excluding hydrogens is 522 g/mol. The number of aromatic amines is 1. The van der Waals surface area contributed by atoms with Gasteiger partial charge in [-0.1, -0.05) is 13.3 Å². The summed E-state index contributed by atoms with van der Waals surface area (Å²) >= 11 is 5.80. The molecule has 1 atom stereocenters. The van der Waals surface area contributed by atoms with Gasteiger partial charge in [0.1, 0.15) is 11.4 Å². The summed E-state index contributed by atoms with van der Waals surface area (Å²) in [6.07, 6.45) is 7.05. The van der Waals surface area contributed by atoms with Crippen molar-refractivity contribution in [2.75, 3.05) is 44.5 Å². The van der Waals surface area contributed by atoms with E-state index in [2.05, 4.69) is 27.4 Å². The van der Waals surface area contributed by atoms with Gasteiger partial charge in [0.15, 0.2) is 5.88 Å². The van der Waals surface area contributed by atoms with E-state index in [1.807, 2.05) is 20.2 Å². The number of nitrogens with zero attached hydrogens (tertiary/aromatic N) is 2. The summed E-state index contributed by atoms with van der Waals surface area (Å²) in [6.45, 7) is 3.97. The molecule has 38 heavy (non-hydrogen) atoms. The number of unbranched alkanes of at least 4 members (excludes halogenated alkanes) is 2. The van der Waals surface area contributed by atoms with E-state index in [1.54, 1.807) is 6.07 Å². The predicted molar refractivity (Wildman–Crippen MR) is 157 cm³/mol. The van der Waals surface area contributed by atoms with Gasteiger partial charge in [-0.2, -0.15) is 0 Å². The summed E-state index contributed by atoms with van der Waals surface area (Å²) in [5, 5.41) is 18.8. The zero-order chi connectivity index (χ0) is 27.7. The van der Waals surface area contributed by atoms with Gasteiger partial charge in [-0.3, -0.25) is 24.6 Å². The minimum absolute atomic E-state index is 0.0311. The first-order valence-corrected chi connectivity index (χ1v) is 14.7. The number of carbonyl (C=O) groups excluding carboxylic acids is 3. The van der Waals surface area contributed by atoms with Crippen LogP contribution in [-0.4, -0.2) is 72.3 Å². The molecule has 1 aliphatic rings. The summed E-state index contributed by atoms with van der Waals surface area (Å²) in [6, 6.07) is 3.62. The van der Waals surface area contributed by atoms with Crippen LogP contribution in [-0.2, 0) is 26.1 Å². The Hall–Kier alpha value is -2.63. The smallest absolute Gasteiger partial charge is 0.253 e. The van der Waals surface area contributed by atoms with Crippen LogP contribution in [0.4, 0.5) is 5.69 Å². The molecule has 3 rings (SSSR count). The Morgan fingerprint density at radius 1 is 1.18 bits per heavy atom. The molecule has 0 spiro atoms. The second-order valence-corrected chi connectivity index (χ2v) is 11.3. The molecule has 0 saturated carbocycles. The number of phenols is 1. The Morgan fingerprint density at radius 2 is 1.92 bits per heavy atom. The highest BCUT2D eigenvalue weighted by Crippen LogP contribution is 2.39. The van der Waals surface area contributed by atoms with Crippen molar-refractivity contribution >= 4 is 58.7 Å². The first kappa shape index (κ1) is 29.9.